The number of ketones is 1. The minimum atomic E-state index is -4.63. The van der Waals surface area contributed by atoms with Gasteiger partial charge in [-0.2, -0.15) is 13.2 Å². The van der Waals surface area contributed by atoms with Gasteiger partial charge in [0.2, 0.25) is 0 Å². The lowest BCUT2D eigenvalue weighted by molar-refractivity contribution is -0.137. The molecular formula is C26H19BrF3NO3. The summed E-state index contributed by atoms with van der Waals surface area (Å²) in [6.45, 7) is 3.62. The third-order valence-corrected chi connectivity index (χ3v) is 6.58. The van der Waals surface area contributed by atoms with E-state index in [1.807, 2.05) is 13.0 Å². The summed E-state index contributed by atoms with van der Waals surface area (Å²) in [5.41, 5.74) is 1.21. The average molecular weight is 530 g/mol. The molecule has 0 aliphatic carbocycles. The van der Waals surface area contributed by atoms with E-state index in [4.69, 9.17) is 0 Å². The number of nitrogens with zero attached hydrogens (tertiary/aromatic N) is 1. The van der Waals surface area contributed by atoms with E-state index in [1.165, 1.54) is 12.1 Å². The van der Waals surface area contributed by atoms with Crippen LogP contribution in [0.4, 0.5) is 18.9 Å². The van der Waals surface area contributed by atoms with Gasteiger partial charge < -0.3 is 5.11 Å². The van der Waals surface area contributed by atoms with Crippen LogP contribution in [0.1, 0.15) is 33.9 Å². The first-order valence-corrected chi connectivity index (χ1v) is 11.1. The fourth-order valence-corrected chi connectivity index (χ4v) is 4.28. The average Bonchev–Trinajstić information content (AvgIpc) is 3.05. The number of hydrogen-bond acceptors (Lipinski definition) is 3. The number of aliphatic hydroxyl groups is 1. The molecule has 1 aliphatic heterocycles. The van der Waals surface area contributed by atoms with Gasteiger partial charge in [-0.1, -0.05) is 57.9 Å². The molecule has 1 amide bonds. The van der Waals surface area contributed by atoms with Gasteiger partial charge in [0.25, 0.3) is 11.7 Å². The van der Waals surface area contributed by atoms with Crippen molar-refractivity contribution in [2.24, 2.45) is 0 Å². The Morgan fingerprint density at radius 2 is 1.68 bits per heavy atom. The molecule has 1 N–H and O–H groups in total. The number of aryl methyl sites for hydroxylation is 2. The van der Waals surface area contributed by atoms with E-state index in [2.05, 4.69) is 15.9 Å². The minimum absolute atomic E-state index is 0.0885. The molecule has 1 fully saturated rings. The van der Waals surface area contributed by atoms with Crippen molar-refractivity contribution in [3.8, 4) is 0 Å². The molecule has 34 heavy (non-hydrogen) atoms. The van der Waals surface area contributed by atoms with Crippen molar-refractivity contribution in [1.29, 1.82) is 0 Å². The third-order valence-electron chi connectivity index (χ3n) is 5.69. The Balaban J connectivity index is 1.97. The van der Waals surface area contributed by atoms with Crippen LogP contribution in [0.5, 0.6) is 0 Å². The Morgan fingerprint density at radius 1 is 0.971 bits per heavy atom. The van der Waals surface area contributed by atoms with Crippen molar-refractivity contribution in [3.05, 3.63) is 105 Å². The highest BCUT2D eigenvalue weighted by molar-refractivity contribution is 9.10. The molecule has 4 rings (SSSR count). The smallest absolute Gasteiger partial charge is 0.416 e. The number of benzene rings is 3. The Morgan fingerprint density at radius 3 is 2.32 bits per heavy atom. The molecule has 8 heteroatoms. The maximum absolute atomic E-state index is 13.4. The molecule has 1 saturated heterocycles. The zero-order valence-electron chi connectivity index (χ0n) is 18.2. The second-order valence-electron chi connectivity index (χ2n) is 8.10. The summed E-state index contributed by atoms with van der Waals surface area (Å²) >= 11 is 3.38. The van der Waals surface area contributed by atoms with Crippen molar-refractivity contribution in [2.45, 2.75) is 26.1 Å². The lowest BCUT2D eigenvalue weighted by Crippen LogP contribution is -2.29. The number of halogens is 4. The lowest BCUT2D eigenvalue weighted by Gasteiger charge is -2.26. The molecule has 3 aromatic rings. The van der Waals surface area contributed by atoms with Gasteiger partial charge in [-0.15, -0.1) is 0 Å². The molecule has 0 bridgehead atoms. The van der Waals surface area contributed by atoms with E-state index < -0.39 is 35.2 Å². The number of carbonyl (C=O) groups excluding carboxylic acids is 2. The number of hydrogen-bond donors (Lipinski definition) is 1. The molecule has 0 saturated carbocycles. The standard InChI is InChI=1S/C26H19BrF3NO3/c1-14-5-3-6-16(11-14)22-21(23(32)17-9-10-20(27)15(2)12-17)24(33)25(34)31(22)19-8-4-7-18(13-19)26(28,29)30/h3-13,22,32H,1-2H3/b23-21+. The molecule has 1 atom stereocenters. The van der Waals surface area contributed by atoms with Gasteiger partial charge in [0.15, 0.2) is 0 Å². The summed E-state index contributed by atoms with van der Waals surface area (Å²) < 4.78 is 40.9. The van der Waals surface area contributed by atoms with Crippen LogP contribution in [0, 0.1) is 13.8 Å². The lowest BCUT2D eigenvalue weighted by atomic mass is 9.94. The van der Waals surface area contributed by atoms with E-state index in [1.54, 1.807) is 43.3 Å². The zero-order valence-corrected chi connectivity index (χ0v) is 19.7. The number of amides is 1. The van der Waals surface area contributed by atoms with E-state index in [-0.39, 0.29) is 11.3 Å². The summed E-state index contributed by atoms with van der Waals surface area (Å²) in [6.07, 6.45) is -4.63. The van der Waals surface area contributed by atoms with Gasteiger partial charge >= 0.3 is 6.18 Å². The first-order chi connectivity index (χ1) is 16.0. The molecule has 4 nitrogen and oxygen atoms in total. The molecule has 1 unspecified atom stereocenters. The maximum Gasteiger partial charge on any atom is 0.416 e. The fourth-order valence-electron chi connectivity index (χ4n) is 4.03. The van der Waals surface area contributed by atoms with Crippen LogP contribution in [-0.2, 0) is 15.8 Å². The van der Waals surface area contributed by atoms with Gasteiger partial charge in [0, 0.05) is 15.7 Å². The molecule has 1 heterocycles. The Bertz CT molecular complexity index is 1350. The Kier molecular flexibility index (Phi) is 6.12. The van der Waals surface area contributed by atoms with E-state index in [0.29, 0.717) is 11.1 Å². The van der Waals surface area contributed by atoms with Crippen LogP contribution in [0.15, 0.2) is 76.8 Å². The molecule has 0 aromatic heterocycles. The summed E-state index contributed by atoms with van der Waals surface area (Å²) in [7, 11) is 0. The summed E-state index contributed by atoms with van der Waals surface area (Å²) in [5, 5.41) is 11.2. The summed E-state index contributed by atoms with van der Waals surface area (Å²) in [4.78, 5) is 27.3. The van der Waals surface area contributed by atoms with Gasteiger partial charge in [0.1, 0.15) is 5.76 Å². The van der Waals surface area contributed by atoms with Gasteiger partial charge in [-0.25, -0.2) is 0 Å². The zero-order chi connectivity index (χ0) is 24.8. The number of aliphatic hydroxyl groups excluding tert-OH is 1. The monoisotopic (exact) mass is 529 g/mol. The van der Waals surface area contributed by atoms with Gasteiger partial charge in [-0.3, -0.25) is 14.5 Å². The van der Waals surface area contributed by atoms with Crippen LogP contribution in [0.25, 0.3) is 5.76 Å². The fraction of sp³-hybridized carbons (Fsp3) is 0.154. The second kappa shape index (κ2) is 8.76. The molecule has 0 spiro atoms. The summed E-state index contributed by atoms with van der Waals surface area (Å²) in [6, 6.07) is 15.0. The SMILES string of the molecule is Cc1cccc(C2/C(=C(\O)c3ccc(Br)c(C)c3)C(=O)C(=O)N2c2cccc(C(F)(F)F)c2)c1. The van der Waals surface area contributed by atoms with Crippen LogP contribution in [0.2, 0.25) is 0 Å². The highest BCUT2D eigenvalue weighted by atomic mass is 79.9. The number of rotatable bonds is 3. The van der Waals surface area contributed by atoms with Crippen LogP contribution < -0.4 is 4.90 Å². The van der Waals surface area contributed by atoms with E-state index in [9.17, 15) is 27.9 Å². The highest BCUT2D eigenvalue weighted by Crippen LogP contribution is 2.43. The molecule has 3 aromatic carbocycles. The van der Waals surface area contributed by atoms with Crippen LogP contribution in [-0.4, -0.2) is 16.8 Å². The van der Waals surface area contributed by atoms with Gasteiger partial charge in [-0.05, 0) is 55.3 Å². The molecule has 174 valence electrons. The topological polar surface area (TPSA) is 57.6 Å². The number of Topliss-reactive ketones (excluding diaryl/α,β-unsaturated/α-hetero) is 1. The Labute approximate surface area is 202 Å². The maximum atomic E-state index is 13.4. The van der Waals surface area contributed by atoms with E-state index >= 15 is 0 Å². The van der Waals surface area contributed by atoms with E-state index in [0.717, 1.165) is 32.6 Å². The summed E-state index contributed by atoms with van der Waals surface area (Å²) in [5.74, 6) is -2.38. The second-order valence-corrected chi connectivity index (χ2v) is 8.95. The highest BCUT2D eigenvalue weighted by Gasteiger charge is 2.47. The number of anilines is 1. The van der Waals surface area contributed by atoms with Crippen molar-refractivity contribution < 1.29 is 27.9 Å². The first kappa shape index (κ1) is 23.8. The van der Waals surface area contributed by atoms with Crippen LogP contribution in [0.3, 0.4) is 0 Å². The largest absolute Gasteiger partial charge is 0.507 e. The predicted molar refractivity (Wildman–Crippen MR) is 126 cm³/mol. The quantitative estimate of drug-likeness (QED) is 0.233. The normalized spacial score (nSPS) is 17.9. The minimum Gasteiger partial charge on any atom is -0.507 e. The number of carbonyl (C=O) groups is 2. The Hall–Kier alpha value is -3.39. The van der Waals surface area contributed by atoms with Crippen LogP contribution >= 0.6 is 15.9 Å². The van der Waals surface area contributed by atoms with Crippen molar-refractivity contribution in [1.82, 2.24) is 0 Å². The first-order valence-electron chi connectivity index (χ1n) is 10.3. The van der Waals surface area contributed by atoms with Gasteiger partial charge in [0.05, 0.1) is 17.2 Å². The molecular weight excluding hydrogens is 511 g/mol. The molecule has 1 aliphatic rings. The van der Waals surface area contributed by atoms with Crippen molar-refractivity contribution in [3.63, 3.8) is 0 Å². The molecule has 0 radical (unpaired) electrons. The number of alkyl halides is 3. The predicted octanol–water partition coefficient (Wildman–Crippen LogP) is 6.71. The van der Waals surface area contributed by atoms with Crippen molar-refractivity contribution in [2.75, 3.05) is 4.90 Å². The van der Waals surface area contributed by atoms with Crippen molar-refractivity contribution >= 4 is 39.1 Å². The third kappa shape index (κ3) is 4.25.